The van der Waals surface area contributed by atoms with E-state index in [1.165, 1.54) is 4.88 Å². The second-order valence-electron chi connectivity index (χ2n) is 6.42. The first-order chi connectivity index (χ1) is 12.6. The van der Waals surface area contributed by atoms with Gasteiger partial charge in [-0.25, -0.2) is 4.79 Å². The monoisotopic (exact) mass is 394 g/mol. The van der Waals surface area contributed by atoms with Gasteiger partial charge >= 0.3 is 5.97 Å². The number of nitrogens with zero attached hydrogens (tertiary/aromatic N) is 2. The highest BCUT2D eigenvalue weighted by atomic mass is 35.5. The Bertz CT molecular complexity index is 724. The standard InChI is InChI=1S/C19H23ClN2O3S/c20-16-4-5-18(25-14-19(23)24)15(11-16)12-21-6-2-7-22(9-8-21)13-17-3-1-10-26-17/h1,3-5,10-11H,2,6-9,12-14H2,(H,23,24). The highest BCUT2D eigenvalue weighted by Gasteiger charge is 2.17. The Hall–Kier alpha value is -1.60. The van der Waals surface area contributed by atoms with Gasteiger partial charge in [0.2, 0.25) is 0 Å². The summed E-state index contributed by atoms with van der Waals surface area (Å²) in [4.78, 5) is 17.1. The lowest BCUT2D eigenvalue weighted by molar-refractivity contribution is -0.139. The molecule has 1 aromatic carbocycles. The van der Waals surface area contributed by atoms with Crippen molar-refractivity contribution in [2.45, 2.75) is 19.5 Å². The Kier molecular flexibility index (Phi) is 6.91. The Morgan fingerprint density at radius 3 is 2.62 bits per heavy atom. The number of hydrogen-bond donors (Lipinski definition) is 1. The minimum absolute atomic E-state index is 0.344. The third-order valence-corrected chi connectivity index (χ3v) is 5.50. The molecule has 2 aromatic rings. The Balaban J connectivity index is 1.60. The second-order valence-corrected chi connectivity index (χ2v) is 7.89. The van der Waals surface area contributed by atoms with Crippen molar-refractivity contribution >= 4 is 28.9 Å². The molecule has 7 heteroatoms. The number of rotatable bonds is 7. The van der Waals surface area contributed by atoms with Crippen molar-refractivity contribution in [1.29, 1.82) is 0 Å². The summed E-state index contributed by atoms with van der Waals surface area (Å²) in [6, 6.07) is 9.63. The summed E-state index contributed by atoms with van der Waals surface area (Å²) in [5.74, 6) is -0.388. The molecular formula is C19H23ClN2O3S. The molecule has 0 bridgehead atoms. The fourth-order valence-corrected chi connectivity index (χ4v) is 4.10. The zero-order valence-electron chi connectivity index (χ0n) is 14.6. The lowest BCUT2D eigenvalue weighted by Crippen LogP contribution is -2.30. The van der Waals surface area contributed by atoms with Crippen LogP contribution in [0.15, 0.2) is 35.7 Å². The van der Waals surface area contributed by atoms with Gasteiger partial charge in [-0.1, -0.05) is 17.7 Å². The summed E-state index contributed by atoms with van der Waals surface area (Å²) >= 11 is 7.94. The van der Waals surface area contributed by atoms with E-state index >= 15 is 0 Å². The first-order valence-corrected chi connectivity index (χ1v) is 9.96. The number of thiophene rings is 1. The average Bonchev–Trinajstić information content (AvgIpc) is 3.01. The van der Waals surface area contributed by atoms with Crippen LogP contribution in [0, 0.1) is 0 Å². The van der Waals surface area contributed by atoms with Gasteiger partial charge in [0.15, 0.2) is 6.61 Å². The summed E-state index contributed by atoms with van der Waals surface area (Å²) in [5.41, 5.74) is 0.936. The number of aliphatic carboxylic acids is 1. The number of carboxylic acids is 1. The maximum Gasteiger partial charge on any atom is 0.341 e. The van der Waals surface area contributed by atoms with Gasteiger partial charge in [0.05, 0.1) is 0 Å². The Morgan fingerprint density at radius 1 is 1.15 bits per heavy atom. The summed E-state index contributed by atoms with van der Waals surface area (Å²) in [6.07, 6.45) is 1.11. The van der Waals surface area contributed by atoms with Crippen LogP contribution >= 0.6 is 22.9 Å². The van der Waals surface area contributed by atoms with E-state index < -0.39 is 5.97 Å². The van der Waals surface area contributed by atoms with Crippen molar-refractivity contribution in [1.82, 2.24) is 9.80 Å². The van der Waals surface area contributed by atoms with E-state index in [-0.39, 0.29) is 6.61 Å². The molecule has 26 heavy (non-hydrogen) atoms. The lowest BCUT2D eigenvalue weighted by atomic mass is 10.2. The van der Waals surface area contributed by atoms with Gasteiger partial charge < -0.3 is 9.84 Å². The van der Waals surface area contributed by atoms with Crippen LogP contribution in [0.25, 0.3) is 0 Å². The van der Waals surface area contributed by atoms with Crippen LogP contribution in [0.1, 0.15) is 16.9 Å². The zero-order valence-corrected chi connectivity index (χ0v) is 16.1. The predicted octanol–water partition coefficient (Wildman–Crippen LogP) is 3.57. The molecule has 1 saturated heterocycles. The van der Waals surface area contributed by atoms with E-state index in [4.69, 9.17) is 21.4 Å². The molecule has 0 aliphatic carbocycles. The third-order valence-electron chi connectivity index (χ3n) is 4.41. The molecule has 1 aliphatic rings. The van der Waals surface area contributed by atoms with Crippen LogP contribution in [0.4, 0.5) is 0 Å². The quantitative estimate of drug-likeness (QED) is 0.778. The first kappa shape index (κ1) is 19.2. The van der Waals surface area contributed by atoms with E-state index in [0.29, 0.717) is 17.3 Å². The summed E-state index contributed by atoms with van der Waals surface area (Å²) in [7, 11) is 0. The number of carboxylic acid groups (broad SMARTS) is 1. The molecule has 0 unspecified atom stereocenters. The predicted molar refractivity (Wildman–Crippen MR) is 104 cm³/mol. The Morgan fingerprint density at radius 2 is 1.92 bits per heavy atom. The molecule has 0 radical (unpaired) electrons. The van der Waals surface area contributed by atoms with Crippen molar-refractivity contribution in [3.05, 3.63) is 51.2 Å². The fraction of sp³-hybridized carbons (Fsp3) is 0.421. The molecule has 1 aromatic heterocycles. The van der Waals surface area contributed by atoms with Gasteiger partial charge in [-0.3, -0.25) is 9.80 Å². The molecule has 0 saturated carbocycles. The van der Waals surface area contributed by atoms with E-state index in [1.54, 1.807) is 23.5 Å². The van der Waals surface area contributed by atoms with Gasteiger partial charge in [-0.05, 0) is 49.2 Å². The third kappa shape index (κ3) is 5.71. The van der Waals surface area contributed by atoms with Crippen LogP contribution in [-0.2, 0) is 17.9 Å². The maximum absolute atomic E-state index is 10.8. The smallest absolute Gasteiger partial charge is 0.341 e. The molecule has 0 amide bonds. The van der Waals surface area contributed by atoms with Crippen LogP contribution in [0.2, 0.25) is 5.02 Å². The molecule has 5 nitrogen and oxygen atoms in total. The number of halogens is 1. The van der Waals surface area contributed by atoms with Crippen LogP contribution < -0.4 is 4.74 Å². The van der Waals surface area contributed by atoms with Crippen molar-refractivity contribution in [2.75, 3.05) is 32.8 Å². The van der Waals surface area contributed by atoms with Gasteiger partial charge in [-0.15, -0.1) is 11.3 Å². The van der Waals surface area contributed by atoms with Crippen LogP contribution in [0.5, 0.6) is 5.75 Å². The zero-order chi connectivity index (χ0) is 18.4. The maximum atomic E-state index is 10.8. The molecular weight excluding hydrogens is 372 g/mol. The molecule has 1 aliphatic heterocycles. The van der Waals surface area contributed by atoms with E-state index in [2.05, 4.69) is 27.3 Å². The minimum Gasteiger partial charge on any atom is -0.482 e. The summed E-state index contributed by atoms with van der Waals surface area (Å²) in [5, 5.41) is 11.6. The van der Waals surface area contributed by atoms with Gasteiger partial charge in [0, 0.05) is 41.6 Å². The van der Waals surface area contributed by atoms with Gasteiger partial charge in [0.25, 0.3) is 0 Å². The number of hydrogen-bond acceptors (Lipinski definition) is 5. The lowest BCUT2D eigenvalue weighted by Gasteiger charge is -2.22. The molecule has 3 rings (SSSR count). The van der Waals surface area contributed by atoms with Crippen molar-refractivity contribution < 1.29 is 14.6 Å². The van der Waals surface area contributed by atoms with Crippen molar-refractivity contribution in [3.8, 4) is 5.75 Å². The van der Waals surface area contributed by atoms with Crippen molar-refractivity contribution in [3.63, 3.8) is 0 Å². The minimum atomic E-state index is -0.982. The second kappa shape index (κ2) is 9.37. The SMILES string of the molecule is O=C(O)COc1ccc(Cl)cc1CN1CCCN(Cc2cccs2)CC1. The number of ether oxygens (including phenoxy) is 1. The van der Waals surface area contributed by atoms with E-state index in [1.807, 2.05) is 6.07 Å². The first-order valence-electron chi connectivity index (χ1n) is 8.70. The van der Waals surface area contributed by atoms with Gasteiger partial charge in [-0.2, -0.15) is 0 Å². The molecule has 1 N–H and O–H groups in total. The fourth-order valence-electron chi connectivity index (χ4n) is 3.16. The highest BCUT2D eigenvalue weighted by molar-refractivity contribution is 7.09. The summed E-state index contributed by atoms with van der Waals surface area (Å²) in [6.45, 7) is 5.46. The van der Waals surface area contributed by atoms with E-state index in [0.717, 1.165) is 44.7 Å². The largest absolute Gasteiger partial charge is 0.482 e. The summed E-state index contributed by atoms with van der Waals surface area (Å²) < 4.78 is 5.42. The van der Waals surface area contributed by atoms with Gasteiger partial charge in [0.1, 0.15) is 5.75 Å². The normalized spacial score (nSPS) is 16.3. The average molecular weight is 395 g/mol. The number of benzene rings is 1. The van der Waals surface area contributed by atoms with Crippen molar-refractivity contribution in [2.24, 2.45) is 0 Å². The molecule has 2 heterocycles. The molecule has 0 atom stereocenters. The molecule has 0 spiro atoms. The van der Waals surface area contributed by atoms with Crippen LogP contribution in [-0.4, -0.2) is 53.7 Å². The number of carbonyl (C=O) groups is 1. The molecule has 1 fully saturated rings. The van der Waals surface area contributed by atoms with Crippen LogP contribution in [0.3, 0.4) is 0 Å². The molecule has 140 valence electrons. The Labute approximate surface area is 162 Å². The topological polar surface area (TPSA) is 53.0 Å². The van der Waals surface area contributed by atoms with E-state index in [9.17, 15) is 4.79 Å². The highest BCUT2D eigenvalue weighted by Crippen LogP contribution is 2.25.